The van der Waals surface area contributed by atoms with E-state index in [2.05, 4.69) is 10.2 Å². The van der Waals surface area contributed by atoms with E-state index in [1.165, 1.54) is 6.07 Å². The van der Waals surface area contributed by atoms with E-state index in [9.17, 15) is 13.2 Å². The summed E-state index contributed by atoms with van der Waals surface area (Å²) in [5, 5.41) is 7.63. The van der Waals surface area contributed by atoms with E-state index in [1.807, 2.05) is 0 Å². The van der Waals surface area contributed by atoms with Crippen molar-refractivity contribution >= 4 is 5.82 Å². The smallest absolute Gasteiger partial charge is 0.416 e. The van der Waals surface area contributed by atoms with Crippen LogP contribution in [0.4, 0.5) is 19.0 Å². The zero-order chi connectivity index (χ0) is 15.7. The molecule has 1 aliphatic carbocycles. The molecule has 1 aromatic carbocycles. The van der Waals surface area contributed by atoms with Gasteiger partial charge in [0.15, 0.2) is 0 Å². The minimum Gasteiger partial charge on any atom is -0.493 e. The third-order valence-corrected chi connectivity index (χ3v) is 3.44. The van der Waals surface area contributed by atoms with Crippen molar-refractivity contribution < 1.29 is 17.9 Å². The van der Waals surface area contributed by atoms with Crippen molar-refractivity contribution in [1.29, 1.82) is 0 Å². The summed E-state index contributed by atoms with van der Waals surface area (Å²) in [4.78, 5) is 0. The number of nitrogens with zero attached hydrogens (tertiary/aromatic N) is 2. The Kier molecular flexibility index (Phi) is 3.64. The molecule has 0 aliphatic heterocycles. The predicted octanol–water partition coefficient (Wildman–Crippen LogP) is 3.53. The summed E-state index contributed by atoms with van der Waals surface area (Å²) in [6.45, 7) is 0.413. The highest BCUT2D eigenvalue weighted by Crippen LogP contribution is 2.38. The molecular weight excluding hydrogens is 295 g/mol. The Morgan fingerprint density at radius 3 is 2.50 bits per heavy atom. The average Bonchev–Trinajstić information content (AvgIpc) is 3.29. The molecule has 1 saturated carbocycles. The normalized spacial score (nSPS) is 14.9. The van der Waals surface area contributed by atoms with Gasteiger partial charge in [-0.15, -0.1) is 10.2 Å². The van der Waals surface area contributed by atoms with Crippen LogP contribution in [0.3, 0.4) is 0 Å². The van der Waals surface area contributed by atoms with Crippen LogP contribution < -0.4 is 10.5 Å². The first-order valence-corrected chi connectivity index (χ1v) is 6.87. The number of ether oxygens (including phenoxy) is 1. The van der Waals surface area contributed by atoms with Crippen LogP contribution in [0, 0.1) is 5.92 Å². The molecule has 1 heterocycles. The number of benzene rings is 1. The van der Waals surface area contributed by atoms with E-state index in [4.69, 9.17) is 10.5 Å². The van der Waals surface area contributed by atoms with Gasteiger partial charge in [0.1, 0.15) is 11.6 Å². The van der Waals surface area contributed by atoms with Crippen molar-refractivity contribution in [2.45, 2.75) is 19.0 Å². The first-order chi connectivity index (χ1) is 10.4. The van der Waals surface area contributed by atoms with Crippen molar-refractivity contribution in [3.05, 3.63) is 35.9 Å². The number of hydrogen-bond donors (Lipinski definition) is 1. The maximum absolute atomic E-state index is 12.9. The molecule has 116 valence electrons. The monoisotopic (exact) mass is 309 g/mol. The Labute approximate surface area is 125 Å². The molecule has 1 aromatic heterocycles. The van der Waals surface area contributed by atoms with Gasteiger partial charge in [0, 0.05) is 5.56 Å². The minimum absolute atomic E-state index is 0.167. The van der Waals surface area contributed by atoms with Crippen LogP contribution in [0.1, 0.15) is 18.4 Å². The summed E-state index contributed by atoms with van der Waals surface area (Å²) in [6, 6.07) is 6.53. The fourth-order valence-electron chi connectivity index (χ4n) is 2.01. The van der Waals surface area contributed by atoms with E-state index in [0.29, 0.717) is 23.8 Å². The molecule has 0 unspecified atom stereocenters. The Bertz CT molecular complexity index is 667. The predicted molar refractivity (Wildman–Crippen MR) is 75.1 cm³/mol. The summed E-state index contributed by atoms with van der Waals surface area (Å²) in [6.07, 6.45) is -2.31. The third kappa shape index (κ3) is 3.29. The molecule has 0 spiro atoms. The summed E-state index contributed by atoms with van der Waals surface area (Å²) in [7, 11) is 0. The number of nitrogen functional groups attached to an aromatic ring is 1. The van der Waals surface area contributed by atoms with E-state index in [-0.39, 0.29) is 11.6 Å². The molecule has 1 fully saturated rings. The Morgan fingerprint density at radius 2 is 1.91 bits per heavy atom. The second kappa shape index (κ2) is 5.47. The van der Waals surface area contributed by atoms with Crippen LogP contribution in [-0.2, 0) is 6.18 Å². The zero-order valence-corrected chi connectivity index (χ0v) is 11.6. The number of hydrogen-bond acceptors (Lipinski definition) is 4. The fraction of sp³-hybridized carbons (Fsp3) is 0.333. The summed E-state index contributed by atoms with van der Waals surface area (Å²) in [5.41, 5.74) is 5.63. The van der Waals surface area contributed by atoms with Gasteiger partial charge >= 0.3 is 6.18 Å². The maximum atomic E-state index is 12.9. The molecule has 7 heteroatoms. The standard InChI is InChI=1S/C15H14F3N3O/c16-15(17,18)10-3-4-11(12-5-6-14(19)21-20-12)13(7-10)22-8-9-1-2-9/h3-7,9H,1-2,8H2,(H2,19,21). The molecule has 3 rings (SSSR count). The summed E-state index contributed by atoms with van der Waals surface area (Å²) < 4.78 is 44.2. The van der Waals surface area contributed by atoms with Crippen LogP contribution in [0.5, 0.6) is 5.75 Å². The van der Waals surface area contributed by atoms with E-state index >= 15 is 0 Å². The Morgan fingerprint density at radius 1 is 1.14 bits per heavy atom. The second-order valence-corrected chi connectivity index (χ2v) is 5.31. The number of anilines is 1. The highest BCUT2D eigenvalue weighted by molar-refractivity contribution is 5.68. The molecule has 0 atom stereocenters. The molecular formula is C15H14F3N3O. The number of aromatic nitrogens is 2. The molecule has 2 N–H and O–H groups in total. The van der Waals surface area contributed by atoms with Gasteiger partial charge in [-0.25, -0.2) is 0 Å². The molecule has 0 amide bonds. The van der Waals surface area contributed by atoms with Crippen LogP contribution in [0.15, 0.2) is 30.3 Å². The van der Waals surface area contributed by atoms with Crippen molar-refractivity contribution in [1.82, 2.24) is 10.2 Å². The van der Waals surface area contributed by atoms with E-state index in [1.54, 1.807) is 12.1 Å². The van der Waals surface area contributed by atoms with Gasteiger partial charge < -0.3 is 10.5 Å². The van der Waals surface area contributed by atoms with Gasteiger partial charge in [-0.2, -0.15) is 13.2 Å². The highest BCUT2D eigenvalue weighted by Gasteiger charge is 2.32. The lowest BCUT2D eigenvalue weighted by Gasteiger charge is -2.14. The third-order valence-electron chi connectivity index (χ3n) is 3.44. The van der Waals surface area contributed by atoms with Crippen LogP contribution in [-0.4, -0.2) is 16.8 Å². The first kappa shape index (κ1) is 14.6. The molecule has 0 radical (unpaired) electrons. The molecule has 22 heavy (non-hydrogen) atoms. The number of rotatable bonds is 4. The van der Waals surface area contributed by atoms with Crippen molar-refractivity contribution in [2.75, 3.05) is 12.3 Å². The van der Waals surface area contributed by atoms with Gasteiger partial charge in [0.25, 0.3) is 0 Å². The van der Waals surface area contributed by atoms with Gasteiger partial charge in [-0.3, -0.25) is 0 Å². The van der Waals surface area contributed by atoms with Crippen molar-refractivity contribution in [2.24, 2.45) is 5.92 Å². The first-order valence-electron chi connectivity index (χ1n) is 6.87. The minimum atomic E-state index is -4.41. The molecule has 0 bridgehead atoms. The van der Waals surface area contributed by atoms with E-state index in [0.717, 1.165) is 25.0 Å². The molecule has 4 nitrogen and oxygen atoms in total. The molecule has 1 aliphatic rings. The van der Waals surface area contributed by atoms with Crippen molar-refractivity contribution in [3.63, 3.8) is 0 Å². The van der Waals surface area contributed by atoms with E-state index < -0.39 is 11.7 Å². The topological polar surface area (TPSA) is 61.0 Å². The maximum Gasteiger partial charge on any atom is 0.416 e. The summed E-state index contributed by atoms with van der Waals surface area (Å²) in [5.74, 6) is 0.844. The zero-order valence-electron chi connectivity index (χ0n) is 11.6. The Hall–Kier alpha value is -2.31. The second-order valence-electron chi connectivity index (χ2n) is 5.31. The average molecular weight is 309 g/mol. The van der Waals surface area contributed by atoms with Crippen LogP contribution >= 0.6 is 0 Å². The van der Waals surface area contributed by atoms with Gasteiger partial charge in [-0.05, 0) is 49.1 Å². The highest BCUT2D eigenvalue weighted by atomic mass is 19.4. The van der Waals surface area contributed by atoms with Gasteiger partial charge in [0.2, 0.25) is 0 Å². The lowest BCUT2D eigenvalue weighted by atomic mass is 10.1. The van der Waals surface area contributed by atoms with Crippen LogP contribution in [0.2, 0.25) is 0 Å². The lowest BCUT2D eigenvalue weighted by molar-refractivity contribution is -0.137. The number of alkyl halides is 3. The lowest BCUT2D eigenvalue weighted by Crippen LogP contribution is -2.07. The van der Waals surface area contributed by atoms with Gasteiger partial charge in [-0.1, -0.05) is 0 Å². The molecule has 2 aromatic rings. The number of halogens is 3. The Balaban J connectivity index is 1.97. The molecule has 0 saturated heterocycles. The van der Waals surface area contributed by atoms with Crippen molar-refractivity contribution in [3.8, 4) is 17.0 Å². The largest absolute Gasteiger partial charge is 0.493 e. The summed E-state index contributed by atoms with van der Waals surface area (Å²) >= 11 is 0. The number of nitrogens with two attached hydrogens (primary N) is 1. The van der Waals surface area contributed by atoms with Crippen LogP contribution in [0.25, 0.3) is 11.3 Å². The fourth-order valence-corrected chi connectivity index (χ4v) is 2.01. The quantitative estimate of drug-likeness (QED) is 0.938. The van der Waals surface area contributed by atoms with Gasteiger partial charge in [0.05, 0.1) is 17.9 Å². The SMILES string of the molecule is Nc1ccc(-c2ccc(C(F)(F)F)cc2OCC2CC2)nn1.